The number of nitrogens with one attached hydrogen (secondary N) is 2. The van der Waals surface area contributed by atoms with Gasteiger partial charge in [-0.1, -0.05) is 23.7 Å². The first-order valence-electron chi connectivity index (χ1n) is 8.95. The van der Waals surface area contributed by atoms with Crippen molar-refractivity contribution in [3.05, 3.63) is 58.7 Å². The van der Waals surface area contributed by atoms with Gasteiger partial charge in [-0.3, -0.25) is 10.2 Å². The van der Waals surface area contributed by atoms with Crippen LogP contribution in [-0.2, 0) is 6.54 Å². The number of halogens is 1. The number of hydrogen-bond donors (Lipinski definition) is 2. The Balaban J connectivity index is 1.43. The molecule has 2 heterocycles. The highest BCUT2D eigenvalue weighted by Gasteiger charge is 2.14. The molecular formula is C20H21ClN6O. The number of methoxy groups -OCH3 is 1. The van der Waals surface area contributed by atoms with Crippen LogP contribution in [0.5, 0.6) is 5.75 Å². The molecule has 144 valence electrons. The number of aliphatic imine (C=N–C) groups is 1. The summed E-state index contributed by atoms with van der Waals surface area (Å²) in [4.78, 5) is 15.9. The Morgan fingerprint density at radius 1 is 1.18 bits per heavy atom. The maximum absolute atomic E-state index is 5.94. The number of aromatic nitrogens is 2. The molecule has 0 bridgehead atoms. The third kappa shape index (κ3) is 4.16. The molecular weight excluding hydrogens is 376 g/mol. The van der Waals surface area contributed by atoms with E-state index in [1.165, 1.54) is 5.56 Å². The highest BCUT2D eigenvalue weighted by atomic mass is 35.5. The molecule has 4 rings (SSSR count). The van der Waals surface area contributed by atoms with Gasteiger partial charge >= 0.3 is 0 Å². The molecule has 2 aromatic carbocycles. The van der Waals surface area contributed by atoms with Crippen LogP contribution < -0.4 is 15.4 Å². The van der Waals surface area contributed by atoms with Gasteiger partial charge in [0.15, 0.2) is 0 Å². The van der Waals surface area contributed by atoms with Crippen LogP contribution in [-0.4, -0.2) is 41.3 Å². The van der Waals surface area contributed by atoms with E-state index in [0.717, 1.165) is 33.9 Å². The lowest BCUT2D eigenvalue weighted by Crippen LogP contribution is -2.45. The van der Waals surface area contributed by atoms with Crippen LogP contribution >= 0.6 is 11.6 Å². The minimum absolute atomic E-state index is 0.521. The molecule has 0 atom stereocenters. The molecule has 3 aromatic rings. The van der Waals surface area contributed by atoms with Crippen molar-refractivity contribution in [2.24, 2.45) is 4.99 Å². The van der Waals surface area contributed by atoms with E-state index >= 15 is 0 Å². The molecule has 28 heavy (non-hydrogen) atoms. The van der Waals surface area contributed by atoms with Gasteiger partial charge in [0.25, 0.3) is 0 Å². The van der Waals surface area contributed by atoms with Gasteiger partial charge in [-0.15, -0.1) is 0 Å². The van der Waals surface area contributed by atoms with Gasteiger partial charge in [-0.05, 0) is 42.8 Å². The van der Waals surface area contributed by atoms with Gasteiger partial charge < -0.3 is 10.1 Å². The Kier molecular flexibility index (Phi) is 5.27. The Morgan fingerprint density at radius 3 is 2.71 bits per heavy atom. The fraction of sp³-hybridized carbons (Fsp3) is 0.250. The van der Waals surface area contributed by atoms with E-state index in [1.54, 1.807) is 7.11 Å². The fourth-order valence-electron chi connectivity index (χ4n) is 3.05. The van der Waals surface area contributed by atoms with Gasteiger partial charge in [0, 0.05) is 17.0 Å². The lowest BCUT2D eigenvalue weighted by molar-refractivity contribution is 0.256. The Labute approximate surface area is 168 Å². The van der Waals surface area contributed by atoms with Crippen molar-refractivity contribution >= 4 is 34.4 Å². The summed E-state index contributed by atoms with van der Waals surface area (Å²) in [6.07, 6.45) is 0. The largest absolute Gasteiger partial charge is 0.497 e. The zero-order valence-electron chi connectivity index (χ0n) is 15.7. The van der Waals surface area contributed by atoms with Crippen molar-refractivity contribution in [3.63, 3.8) is 0 Å². The Morgan fingerprint density at radius 2 is 2.00 bits per heavy atom. The number of benzene rings is 2. The summed E-state index contributed by atoms with van der Waals surface area (Å²) in [6.45, 7) is 4.02. The van der Waals surface area contributed by atoms with Crippen LogP contribution in [0.3, 0.4) is 0 Å². The monoisotopic (exact) mass is 396 g/mol. The average molecular weight is 397 g/mol. The quantitative estimate of drug-likeness (QED) is 0.704. The molecule has 0 unspecified atom stereocenters. The Hall–Kier alpha value is -2.90. The molecule has 7 nitrogen and oxygen atoms in total. The van der Waals surface area contributed by atoms with Gasteiger partial charge in [-0.25, -0.2) is 15.0 Å². The molecule has 2 N–H and O–H groups in total. The second kappa shape index (κ2) is 8.00. The summed E-state index contributed by atoms with van der Waals surface area (Å²) >= 11 is 5.94. The third-order valence-electron chi connectivity index (χ3n) is 4.54. The predicted octanol–water partition coefficient (Wildman–Crippen LogP) is 3.39. The topological polar surface area (TPSA) is 74.7 Å². The summed E-state index contributed by atoms with van der Waals surface area (Å²) in [5, 5.41) is 8.16. The highest BCUT2D eigenvalue weighted by Crippen LogP contribution is 2.22. The summed E-state index contributed by atoms with van der Waals surface area (Å²) in [6, 6.07) is 13.6. The van der Waals surface area contributed by atoms with E-state index in [4.69, 9.17) is 16.3 Å². The lowest BCUT2D eigenvalue weighted by Gasteiger charge is -2.26. The molecule has 0 aliphatic carbocycles. The number of hydrogen-bond acceptors (Lipinski definition) is 7. The van der Waals surface area contributed by atoms with Crippen molar-refractivity contribution < 1.29 is 4.74 Å². The van der Waals surface area contributed by atoms with Crippen molar-refractivity contribution in [1.29, 1.82) is 0 Å². The molecule has 0 fully saturated rings. The number of fused-ring (bicyclic) bond motifs is 1. The summed E-state index contributed by atoms with van der Waals surface area (Å²) in [5.74, 6) is 1.98. The molecule has 8 heteroatoms. The molecule has 0 saturated carbocycles. The first-order valence-corrected chi connectivity index (χ1v) is 9.33. The number of ether oxygens (including phenoxy) is 1. The molecule has 1 aromatic heterocycles. The van der Waals surface area contributed by atoms with E-state index in [2.05, 4.69) is 30.5 Å². The molecule has 1 aliphatic heterocycles. The zero-order chi connectivity index (χ0) is 19.5. The van der Waals surface area contributed by atoms with Gasteiger partial charge in [-0.2, -0.15) is 0 Å². The SMILES string of the molecule is COc1ccc2nc(NC3=NCN(Cc4ccc(Cl)cc4)CN3)nc(C)c2c1. The number of rotatable bonds is 4. The zero-order valence-corrected chi connectivity index (χ0v) is 16.5. The lowest BCUT2D eigenvalue weighted by atomic mass is 10.2. The summed E-state index contributed by atoms with van der Waals surface area (Å²) in [7, 11) is 1.65. The maximum atomic E-state index is 5.94. The van der Waals surface area contributed by atoms with Crippen molar-refractivity contribution in [2.45, 2.75) is 13.5 Å². The summed E-state index contributed by atoms with van der Waals surface area (Å²) < 4.78 is 5.28. The van der Waals surface area contributed by atoms with E-state index in [1.807, 2.05) is 49.4 Å². The van der Waals surface area contributed by atoms with E-state index in [-0.39, 0.29) is 0 Å². The summed E-state index contributed by atoms with van der Waals surface area (Å²) in [5.41, 5.74) is 2.94. The van der Waals surface area contributed by atoms with Crippen LogP contribution in [0.15, 0.2) is 47.5 Å². The first-order chi connectivity index (χ1) is 13.6. The van der Waals surface area contributed by atoms with Gasteiger partial charge in [0.05, 0.1) is 31.7 Å². The first kappa shape index (κ1) is 18.5. The number of guanidine groups is 1. The minimum Gasteiger partial charge on any atom is -0.497 e. The molecule has 0 saturated heterocycles. The van der Waals surface area contributed by atoms with Crippen LogP contribution in [0.25, 0.3) is 10.9 Å². The molecule has 1 aliphatic rings. The van der Waals surface area contributed by atoms with Crippen LogP contribution in [0.1, 0.15) is 11.3 Å². The molecule has 0 spiro atoms. The van der Waals surface area contributed by atoms with E-state index in [0.29, 0.717) is 25.2 Å². The Bertz CT molecular complexity index is 1020. The van der Waals surface area contributed by atoms with E-state index < -0.39 is 0 Å². The van der Waals surface area contributed by atoms with Crippen molar-refractivity contribution in [3.8, 4) is 5.75 Å². The smallest absolute Gasteiger partial charge is 0.230 e. The van der Waals surface area contributed by atoms with Gasteiger partial charge in [0.1, 0.15) is 5.75 Å². The molecule has 0 amide bonds. The second-order valence-corrected chi connectivity index (χ2v) is 7.02. The van der Waals surface area contributed by atoms with Crippen LogP contribution in [0.2, 0.25) is 5.02 Å². The average Bonchev–Trinajstić information content (AvgIpc) is 2.71. The standard InChI is InChI=1S/C20H21ClN6O/c1-13-17-9-16(28-2)7-8-18(17)25-20(24-13)26-19-22-11-27(12-23-19)10-14-3-5-15(21)6-4-14/h3-9H,10-12H2,1-2H3,(H2,22,23,24,25,26). The highest BCUT2D eigenvalue weighted by molar-refractivity contribution is 6.30. The number of nitrogens with zero attached hydrogens (tertiary/aromatic N) is 4. The van der Waals surface area contributed by atoms with Crippen LogP contribution in [0.4, 0.5) is 5.95 Å². The predicted molar refractivity (Wildman–Crippen MR) is 112 cm³/mol. The van der Waals surface area contributed by atoms with Crippen LogP contribution in [0, 0.1) is 6.92 Å². The molecule has 0 radical (unpaired) electrons. The van der Waals surface area contributed by atoms with Gasteiger partial charge in [0.2, 0.25) is 11.9 Å². The number of anilines is 1. The fourth-order valence-corrected chi connectivity index (χ4v) is 3.18. The number of aryl methyl sites for hydroxylation is 1. The normalized spacial score (nSPS) is 14.5. The van der Waals surface area contributed by atoms with Crippen molar-refractivity contribution in [1.82, 2.24) is 20.2 Å². The minimum atomic E-state index is 0.521. The van der Waals surface area contributed by atoms with Crippen molar-refractivity contribution in [2.75, 3.05) is 25.8 Å². The third-order valence-corrected chi connectivity index (χ3v) is 4.79. The second-order valence-electron chi connectivity index (χ2n) is 6.58. The van der Waals surface area contributed by atoms with E-state index in [9.17, 15) is 0 Å². The maximum Gasteiger partial charge on any atom is 0.230 e.